The van der Waals surface area contributed by atoms with Gasteiger partial charge in [0, 0.05) is 23.8 Å². The first-order valence-electron chi connectivity index (χ1n) is 6.29. The maximum atomic E-state index is 11.4. The molecule has 0 aliphatic carbocycles. The summed E-state index contributed by atoms with van der Waals surface area (Å²) in [5, 5.41) is 14.0. The van der Waals surface area contributed by atoms with Gasteiger partial charge < -0.3 is 15.7 Å². The highest BCUT2D eigenvalue weighted by molar-refractivity contribution is 9.10. The number of unbranched alkanes of at least 4 members (excludes halogenated alkanes) is 2. The first-order chi connectivity index (χ1) is 9.22. The van der Waals surface area contributed by atoms with E-state index in [0.717, 1.165) is 29.3 Å². The highest BCUT2D eigenvalue weighted by atomic mass is 79.9. The molecule has 1 aromatic carbocycles. The number of rotatable bonds is 7. The molecule has 0 atom stereocenters. The van der Waals surface area contributed by atoms with E-state index in [-0.39, 0.29) is 12.6 Å². The highest BCUT2D eigenvalue weighted by Crippen LogP contribution is 2.11. The van der Waals surface area contributed by atoms with Crippen LogP contribution in [-0.4, -0.2) is 24.3 Å². The lowest BCUT2D eigenvalue weighted by molar-refractivity contribution is 0.243. The fourth-order valence-electron chi connectivity index (χ4n) is 1.45. The third-order valence-corrected chi connectivity index (χ3v) is 3.01. The van der Waals surface area contributed by atoms with Crippen LogP contribution in [-0.2, 0) is 0 Å². The number of carbonyl (C=O) groups excluding carboxylic acids is 1. The lowest BCUT2D eigenvalue weighted by atomic mass is 10.2. The van der Waals surface area contributed by atoms with Crippen LogP contribution in [0, 0.1) is 0 Å². The SMILES string of the molecule is O=C(N/C=C/c1ccc(Br)cc1)NCCCCCO. The molecule has 0 radical (unpaired) electrons. The van der Waals surface area contributed by atoms with E-state index in [1.54, 1.807) is 6.20 Å². The number of hydrogen-bond donors (Lipinski definition) is 3. The van der Waals surface area contributed by atoms with Gasteiger partial charge in [0.1, 0.15) is 0 Å². The van der Waals surface area contributed by atoms with E-state index >= 15 is 0 Å². The van der Waals surface area contributed by atoms with Crippen molar-refractivity contribution in [3.63, 3.8) is 0 Å². The normalized spacial score (nSPS) is 10.6. The summed E-state index contributed by atoms with van der Waals surface area (Å²) in [6.07, 6.45) is 6.03. The molecule has 0 spiro atoms. The highest BCUT2D eigenvalue weighted by Gasteiger charge is 1.95. The number of aliphatic hydroxyl groups excluding tert-OH is 1. The van der Waals surface area contributed by atoms with Gasteiger partial charge in [-0.15, -0.1) is 0 Å². The third-order valence-electron chi connectivity index (χ3n) is 2.48. The molecule has 2 amide bonds. The third kappa shape index (κ3) is 7.64. The second-order valence-electron chi connectivity index (χ2n) is 4.07. The summed E-state index contributed by atoms with van der Waals surface area (Å²) in [6, 6.07) is 7.59. The minimum absolute atomic E-state index is 0.210. The van der Waals surface area contributed by atoms with Gasteiger partial charge >= 0.3 is 6.03 Å². The maximum absolute atomic E-state index is 11.4. The van der Waals surface area contributed by atoms with Crippen LogP contribution in [0.3, 0.4) is 0 Å². The number of benzene rings is 1. The van der Waals surface area contributed by atoms with E-state index < -0.39 is 0 Å². The molecule has 5 heteroatoms. The van der Waals surface area contributed by atoms with Crippen LogP contribution in [0.2, 0.25) is 0 Å². The number of nitrogens with one attached hydrogen (secondary N) is 2. The Morgan fingerprint density at radius 1 is 1.21 bits per heavy atom. The van der Waals surface area contributed by atoms with Crippen molar-refractivity contribution < 1.29 is 9.90 Å². The van der Waals surface area contributed by atoms with Crippen molar-refractivity contribution in [2.75, 3.05) is 13.2 Å². The van der Waals surface area contributed by atoms with Crippen molar-refractivity contribution >= 4 is 28.0 Å². The Bertz CT molecular complexity index is 404. The van der Waals surface area contributed by atoms with Gasteiger partial charge in [-0.3, -0.25) is 0 Å². The Kier molecular flexibility index (Phi) is 7.93. The fourth-order valence-corrected chi connectivity index (χ4v) is 1.72. The van der Waals surface area contributed by atoms with E-state index in [4.69, 9.17) is 5.11 Å². The van der Waals surface area contributed by atoms with Crippen molar-refractivity contribution in [1.29, 1.82) is 0 Å². The molecule has 0 aromatic heterocycles. The molecular formula is C14H19BrN2O2. The Hall–Kier alpha value is -1.33. The smallest absolute Gasteiger partial charge is 0.318 e. The molecule has 19 heavy (non-hydrogen) atoms. The number of carbonyl (C=O) groups is 1. The van der Waals surface area contributed by atoms with Crippen LogP contribution in [0.4, 0.5) is 4.79 Å². The van der Waals surface area contributed by atoms with Gasteiger partial charge in [-0.25, -0.2) is 4.79 Å². The van der Waals surface area contributed by atoms with Gasteiger partial charge in [-0.2, -0.15) is 0 Å². The zero-order valence-electron chi connectivity index (χ0n) is 10.7. The lowest BCUT2D eigenvalue weighted by Gasteiger charge is -2.03. The van der Waals surface area contributed by atoms with Gasteiger partial charge in [0.25, 0.3) is 0 Å². The summed E-state index contributed by atoms with van der Waals surface area (Å²) in [5.74, 6) is 0. The van der Waals surface area contributed by atoms with Crippen LogP contribution >= 0.6 is 15.9 Å². The summed E-state index contributed by atoms with van der Waals surface area (Å²) in [5.41, 5.74) is 1.02. The Morgan fingerprint density at radius 2 is 1.95 bits per heavy atom. The Morgan fingerprint density at radius 3 is 2.63 bits per heavy atom. The average molecular weight is 327 g/mol. The Labute approximate surface area is 122 Å². The molecule has 0 bridgehead atoms. The van der Waals surface area contributed by atoms with Gasteiger partial charge in [0.05, 0.1) is 0 Å². The minimum Gasteiger partial charge on any atom is -0.396 e. The number of aliphatic hydroxyl groups is 1. The molecule has 104 valence electrons. The van der Waals surface area contributed by atoms with Crippen LogP contribution < -0.4 is 10.6 Å². The predicted molar refractivity (Wildman–Crippen MR) is 80.6 cm³/mol. The molecule has 0 saturated carbocycles. The van der Waals surface area contributed by atoms with Crippen LogP contribution in [0.15, 0.2) is 34.9 Å². The molecule has 0 unspecified atom stereocenters. The number of halogens is 1. The molecular weight excluding hydrogens is 308 g/mol. The van der Waals surface area contributed by atoms with E-state index in [1.165, 1.54) is 0 Å². The van der Waals surface area contributed by atoms with Gasteiger partial charge in [0.2, 0.25) is 0 Å². The zero-order chi connectivity index (χ0) is 13.9. The summed E-state index contributed by atoms with van der Waals surface area (Å²) in [4.78, 5) is 11.4. The van der Waals surface area contributed by atoms with E-state index in [9.17, 15) is 4.79 Å². The molecule has 0 aliphatic rings. The standard InChI is InChI=1S/C14H19BrN2O2/c15-13-6-4-12(5-7-13)8-10-17-14(19)16-9-2-1-3-11-18/h4-8,10,18H,1-3,9,11H2,(H2,16,17,19)/b10-8+. The second-order valence-corrected chi connectivity index (χ2v) is 4.99. The lowest BCUT2D eigenvalue weighted by Crippen LogP contribution is -2.32. The largest absolute Gasteiger partial charge is 0.396 e. The van der Waals surface area contributed by atoms with Crippen LogP contribution in [0.1, 0.15) is 24.8 Å². The summed E-state index contributed by atoms with van der Waals surface area (Å²) >= 11 is 3.36. The van der Waals surface area contributed by atoms with E-state index in [0.29, 0.717) is 6.54 Å². The van der Waals surface area contributed by atoms with Gasteiger partial charge in [0.15, 0.2) is 0 Å². The van der Waals surface area contributed by atoms with Gasteiger partial charge in [-0.05, 0) is 43.0 Å². The van der Waals surface area contributed by atoms with Crippen molar-refractivity contribution in [3.8, 4) is 0 Å². The van der Waals surface area contributed by atoms with Crippen molar-refractivity contribution in [2.24, 2.45) is 0 Å². The minimum atomic E-state index is -0.211. The number of urea groups is 1. The molecule has 0 saturated heterocycles. The molecule has 1 rings (SSSR count). The van der Waals surface area contributed by atoms with Crippen molar-refractivity contribution in [3.05, 3.63) is 40.5 Å². The number of amides is 2. The molecule has 3 N–H and O–H groups in total. The van der Waals surface area contributed by atoms with Gasteiger partial charge in [-0.1, -0.05) is 28.1 Å². The summed E-state index contributed by atoms with van der Waals surface area (Å²) in [6.45, 7) is 0.833. The Balaban J connectivity index is 2.17. The fraction of sp³-hybridized carbons (Fsp3) is 0.357. The first kappa shape index (κ1) is 15.7. The topological polar surface area (TPSA) is 61.4 Å². The summed E-state index contributed by atoms with van der Waals surface area (Å²) < 4.78 is 1.03. The second kappa shape index (κ2) is 9.58. The van der Waals surface area contributed by atoms with Crippen molar-refractivity contribution in [1.82, 2.24) is 10.6 Å². The number of hydrogen-bond acceptors (Lipinski definition) is 2. The maximum Gasteiger partial charge on any atom is 0.318 e. The van der Waals surface area contributed by atoms with E-state index in [1.807, 2.05) is 30.3 Å². The molecule has 4 nitrogen and oxygen atoms in total. The molecule has 0 heterocycles. The predicted octanol–water partition coefficient (Wildman–Crippen LogP) is 2.88. The molecule has 0 aliphatic heterocycles. The van der Waals surface area contributed by atoms with Crippen molar-refractivity contribution in [2.45, 2.75) is 19.3 Å². The molecule has 0 fully saturated rings. The average Bonchev–Trinajstić information content (AvgIpc) is 2.41. The quantitative estimate of drug-likeness (QED) is 0.675. The van der Waals surface area contributed by atoms with Crippen LogP contribution in [0.5, 0.6) is 0 Å². The first-order valence-corrected chi connectivity index (χ1v) is 7.09. The molecule has 1 aromatic rings. The summed E-state index contributed by atoms with van der Waals surface area (Å²) in [7, 11) is 0. The van der Waals surface area contributed by atoms with E-state index in [2.05, 4.69) is 26.6 Å². The zero-order valence-corrected chi connectivity index (χ0v) is 12.3. The monoisotopic (exact) mass is 326 g/mol. The van der Waals surface area contributed by atoms with Crippen LogP contribution in [0.25, 0.3) is 6.08 Å².